The lowest BCUT2D eigenvalue weighted by Crippen LogP contribution is -1.96. The highest BCUT2D eigenvalue weighted by atomic mass is 14.8. The van der Waals surface area contributed by atoms with E-state index in [2.05, 4.69) is 29.9 Å². The first-order valence-corrected chi connectivity index (χ1v) is 3.92. The fourth-order valence-corrected chi connectivity index (χ4v) is 0.908. The summed E-state index contributed by atoms with van der Waals surface area (Å²) in [4.78, 5) is 8.08. The molecule has 3 heteroatoms. The Hall–Kier alpha value is -1.43. The zero-order chi connectivity index (χ0) is 8.97. The Morgan fingerprint density at radius 3 is 2.83 bits per heavy atom. The molecule has 0 aliphatic carbocycles. The number of aromatic nitrogens is 2. The SMILES string of the molecule is CC(C)c1cc(CC#N)ncn1. The number of hydrogen-bond acceptors (Lipinski definition) is 3. The van der Waals surface area contributed by atoms with Crippen molar-refractivity contribution in [2.45, 2.75) is 26.2 Å². The number of nitrogens with zero attached hydrogens (tertiary/aromatic N) is 3. The lowest BCUT2D eigenvalue weighted by Gasteiger charge is -2.03. The molecule has 1 rings (SSSR count). The second kappa shape index (κ2) is 3.82. The van der Waals surface area contributed by atoms with Crippen molar-refractivity contribution >= 4 is 0 Å². The molecule has 0 amide bonds. The molecule has 62 valence electrons. The fraction of sp³-hybridized carbons (Fsp3) is 0.444. The molecule has 12 heavy (non-hydrogen) atoms. The summed E-state index contributed by atoms with van der Waals surface area (Å²) in [5.74, 6) is 0.394. The highest BCUT2D eigenvalue weighted by Gasteiger charge is 2.01. The van der Waals surface area contributed by atoms with Crippen LogP contribution < -0.4 is 0 Å². The van der Waals surface area contributed by atoms with Crippen molar-refractivity contribution in [2.24, 2.45) is 0 Å². The molecule has 0 bridgehead atoms. The zero-order valence-electron chi connectivity index (χ0n) is 7.28. The molecular formula is C9H11N3. The predicted octanol–water partition coefficient (Wildman–Crippen LogP) is 1.67. The molecule has 0 N–H and O–H groups in total. The van der Waals surface area contributed by atoms with Gasteiger partial charge in [-0.1, -0.05) is 13.8 Å². The van der Waals surface area contributed by atoms with E-state index < -0.39 is 0 Å². The predicted molar refractivity (Wildman–Crippen MR) is 45.4 cm³/mol. The Labute approximate surface area is 72.1 Å². The molecule has 0 aliphatic heterocycles. The van der Waals surface area contributed by atoms with Crippen molar-refractivity contribution in [1.82, 2.24) is 9.97 Å². The molecular weight excluding hydrogens is 150 g/mol. The summed E-state index contributed by atoms with van der Waals surface area (Å²) in [6.45, 7) is 4.14. The van der Waals surface area contributed by atoms with Crippen LogP contribution in [0.2, 0.25) is 0 Å². The van der Waals surface area contributed by atoms with Crippen molar-refractivity contribution in [2.75, 3.05) is 0 Å². The molecule has 0 saturated heterocycles. The molecule has 0 aliphatic rings. The Balaban J connectivity index is 2.90. The maximum atomic E-state index is 8.44. The molecule has 0 saturated carbocycles. The van der Waals surface area contributed by atoms with Crippen molar-refractivity contribution in [3.63, 3.8) is 0 Å². The van der Waals surface area contributed by atoms with Gasteiger partial charge in [-0.2, -0.15) is 5.26 Å². The highest BCUT2D eigenvalue weighted by molar-refractivity contribution is 5.13. The van der Waals surface area contributed by atoms with Gasteiger partial charge in [0.05, 0.1) is 18.2 Å². The summed E-state index contributed by atoms with van der Waals surface area (Å²) in [7, 11) is 0. The molecule has 0 fully saturated rings. The van der Waals surface area contributed by atoms with Gasteiger partial charge in [-0.15, -0.1) is 0 Å². The topological polar surface area (TPSA) is 49.6 Å². The van der Waals surface area contributed by atoms with Gasteiger partial charge in [0.2, 0.25) is 0 Å². The van der Waals surface area contributed by atoms with Crippen molar-refractivity contribution < 1.29 is 0 Å². The van der Waals surface area contributed by atoms with Gasteiger partial charge in [0.1, 0.15) is 6.33 Å². The average Bonchev–Trinajstić information content (AvgIpc) is 2.05. The average molecular weight is 161 g/mol. The first-order valence-electron chi connectivity index (χ1n) is 3.92. The summed E-state index contributed by atoms with van der Waals surface area (Å²) in [6, 6.07) is 3.94. The van der Waals surface area contributed by atoms with Gasteiger partial charge in [-0.25, -0.2) is 9.97 Å². The van der Waals surface area contributed by atoms with Gasteiger partial charge in [0.25, 0.3) is 0 Å². The Kier molecular flexibility index (Phi) is 2.76. The molecule has 0 atom stereocenters. The first-order chi connectivity index (χ1) is 5.74. The van der Waals surface area contributed by atoms with Crippen LogP contribution in [-0.4, -0.2) is 9.97 Å². The van der Waals surface area contributed by atoms with E-state index >= 15 is 0 Å². The van der Waals surface area contributed by atoms with E-state index in [1.165, 1.54) is 6.33 Å². The second-order valence-corrected chi connectivity index (χ2v) is 2.92. The summed E-state index contributed by atoms with van der Waals surface area (Å²) >= 11 is 0. The maximum Gasteiger partial charge on any atom is 0.115 e. The Morgan fingerprint density at radius 1 is 1.50 bits per heavy atom. The third-order valence-corrected chi connectivity index (χ3v) is 1.60. The minimum absolute atomic E-state index is 0.363. The van der Waals surface area contributed by atoms with Gasteiger partial charge in [-0.3, -0.25) is 0 Å². The molecule has 0 unspecified atom stereocenters. The standard InChI is InChI=1S/C9H11N3/c1-7(2)9-5-8(3-4-10)11-6-12-9/h5-7H,3H2,1-2H3. The zero-order valence-corrected chi connectivity index (χ0v) is 7.28. The third-order valence-electron chi connectivity index (χ3n) is 1.60. The number of rotatable bonds is 2. The van der Waals surface area contributed by atoms with E-state index in [0.717, 1.165) is 11.4 Å². The maximum absolute atomic E-state index is 8.44. The van der Waals surface area contributed by atoms with E-state index in [1.54, 1.807) is 0 Å². The fourth-order valence-electron chi connectivity index (χ4n) is 0.908. The molecule has 0 aromatic carbocycles. The van der Waals surface area contributed by atoms with Gasteiger partial charge < -0.3 is 0 Å². The lowest BCUT2D eigenvalue weighted by molar-refractivity contribution is 0.806. The molecule has 1 aromatic rings. The second-order valence-electron chi connectivity index (χ2n) is 2.92. The normalized spacial score (nSPS) is 9.83. The molecule has 0 spiro atoms. The van der Waals surface area contributed by atoms with Crippen LogP contribution in [0.1, 0.15) is 31.2 Å². The Morgan fingerprint density at radius 2 is 2.25 bits per heavy atom. The summed E-state index contributed by atoms with van der Waals surface area (Å²) < 4.78 is 0. The van der Waals surface area contributed by atoms with E-state index in [9.17, 15) is 0 Å². The van der Waals surface area contributed by atoms with E-state index in [1.807, 2.05) is 6.07 Å². The largest absolute Gasteiger partial charge is 0.241 e. The monoisotopic (exact) mass is 161 g/mol. The van der Waals surface area contributed by atoms with E-state index in [-0.39, 0.29) is 0 Å². The minimum Gasteiger partial charge on any atom is -0.241 e. The van der Waals surface area contributed by atoms with Crippen LogP contribution in [0.5, 0.6) is 0 Å². The summed E-state index contributed by atoms with van der Waals surface area (Å²) in [5, 5.41) is 8.44. The highest BCUT2D eigenvalue weighted by Crippen LogP contribution is 2.10. The van der Waals surface area contributed by atoms with Crippen LogP contribution in [0.15, 0.2) is 12.4 Å². The lowest BCUT2D eigenvalue weighted by atomic mass is 10.1. The quantitative estimate of drug-likeness (QED) is 0.662. The molecule has 1 aromatic heterocycles. The van der Waals surface area contributed by atoms with Crippen LogP contribution in [-0.2, 0) is 6.42 Å². The van der Waals surface area contributed by atoms with Gasteiger partial charge >= 0.3 is 0 Å². The smallest absolute Gasteiger partial charge is 0.115 e. The van der Waals surface area contributed by atoms with Crippen molar-refractivity contribution in [3.05, 3.63) is 23.8 Å². The van der Waals surface area contributed by atoms with Gasteiger partial charge in [0.15, 0.2) is 0 Å². The molecule has 0 radical (unpaired) electrons. The van der Waals surface area contributed by atoms with Gasteiger partial charge in [0, 0.05) is 5.69 Å². The Bertz CT molecular complexity index is 299. The summed E-state index contributed by atoms with van der Waals surface area (Å²) in [6.07, 6.45) is 1.88. The first kappa shape index (κ1) is 8.66. The third kappa shape index (κ3) is 2.03. The molecule has 3 nitrogen and oxygen atoms in total. The van der Waals surface area contributed by atoms with Crippen LogP contribution in [0, 0.1) is 11.3 Å². The van der Waals surface area contributed by atoms with E-state index in [0.29, 0.717) is 12.3 Å². The number of hydrogen-bond donors (Lipinski definition) is 0. The van der Waals surface area contributed by atoms with Crippen molar-refractivity contribution in [3.8, 4) is 6.07 Å². The van der Waals surface area contributed by atoms with Crippen molar-refractivity contribution in [1.29, 1.82) is 5.26 Å². The van der Waals surface area contributed by atoms with Crippen LogP contribution >= 0.6 is 0 Å². The van der Waals surface area contributed by atoms with E-state index in [4.69, 9.17) is 5.26 Å². The summed E-state index contributed by atoms with van der Waals surface area (Å²) in [5.41, 5.74) is 1.80. The molecule has 1 heterocycles. The van der Waals surface area contributed by atoms with Gasteiger partial charge in [-0.05, 0) is 12.0 Å². The minimum atomic E-state index is 0.363. The number of nitriles is 1. The van der Waals surface area contributed by atoms with Crippen LogP contribution in [0.4, 0.5) is 0 Å². The van der Waals surface area contributed by atoms with Crippen LogP contribution in [0.25, 0.3) is 0 Å². The van der Waals surface area contributed by atoms with Crippen LogP contribution in [0.3, 0.4) is 0 Å².